The van der Waals surface area contributed by atoms with Crippen LogP contribution in [0.15, 0.2) is 47.6 Å². The Bertz CT molecular complexity index is 903. The molecule has 29 heavy (non-hydrogen) atoms. The van der Waals surface area contributed by atoms with Crippen LogP contribution in [-0.4, -0.2) is 26.3 Å². The van der Waals surface area contributed by atoms with Gasteiger partial charge in [-0.1, -0.05) is 34.9 Å². The first-order chi connectivity index (χ1) is 13.6. The Hall–Kier alpha value is -3.39. The van der Waals surface area contributed by atoms with Gasteiger partial charge in [-0.15, -0.1) is 0 Å². The summed E-state index contributed by atoms with van der Waals surface area (Å²) in [6.07, 6.45) is -6.44. The number of hydrogen-bond donors (Lipinski definition) is 1. The van der Waals surface area contributed by atoms with Gasteiger partial charge in [0.1, 0.15) is 11.5 Å². The van der Waals surface area contributed by atoms with Gasteiger partial charge in [0.05, 0.1) is 20.6 Å². The fraction of sp³-hybridized carbons (Fsp3) is 0.316. The molecule has 0 aliphatic heterocycles. The third-order valence-corrected chi connectivity index (χ3v) is 4.19. The lowest BCUT2D eigenvalue weighted by molar-refractivity contribution is -0.156. The zero-order valence-corrected chi connectivity index (χ0v) is 15.9. The second-order valence-electron chi connectivity index (χ2n) is 6.26. The standard InChI is InChI=1S/C19H19F3N4O3/c1-12-4-6-13(7-5-12)18(25-26-23,11-19(20,21)22)17(27)24-14-8-15(28-2)10-16(9-14)29-3/h4-10H,11H2,1-3H3,(H,24,27)/t18-/m1/s1. The van der Waals surface area contributed by atoms with Crippen LogP contribution >= 0.6 is 0 Å². The van der Waals surface area contributed by atoms with E-state index in [2.05, 4.69) is 15.3 Å². The number of ether oxygens (including phenoxy) is 2. The summed E-state index contributed by atoms with van der Waals surface area (Å²) < 4.78 is 50.3. The van der Waals surface area contributed by atoms with E-state index < -0.39 is 24.0 Å². The minimum absolute atomic E-state index is 0.0782. The van der Waals surface area contributed by atoms with Crippen molar-refractivity contribution in [3.05, 3.63) is 64.0 Å². The lowest BCUT2D eigenvalue weighted by Gasteiger charge is -2.29. The van der Waals surface area contributed by atoms with Crippen LogP contribution in [0.2, 0.25) is 0 Å². The van der Waals surface area contributed by atoms with E-state index in [0.717, 1.165) is 5.56 Å². The molecule has 0 radical (unpaired) electrons. The fourth-order valence-electron chi connectivity index (χ4n) is 2.76. The van der Waals surface area contributed by atoms with Crippen molar-refractivity contribution in [3.8, 4) is 11.5 Å². The summed E-state index contributed by atoms with van der Waals surface area (Å²) in [6, 6.07) is 10.1. The van der Waals surface area contributed by atoms with Crippen molar-refractivity contribution in [2.75, 3.05) is 19.5 Å². The van der Waals surface area contributed by atoms with Gasteiger partial charge in [-0.2, -0.15) is 13.2 Å². The van der Waals surface area contributed by atoms with Crippen molar-refractivity contribution < 1.29 is 27.4 Å². The van der Waals surface area contributed by atoms with E-state index in [1.807, 2.05) is 0 Å². The van der Waals surface area contributed by atoms with Crippen LogP contribution in [0.4, 0.5) is 18.9 Å². The number of methoxy groups -OCH3 is 2. The third-order valence-electron chi connectivity index (χ3n) is 4.19. The highest BCUT2D eigenvalue weighted by Crippen LogP contribution is 2.40. The van der Waals surface area contributed by atoms with Crippen LogP contribution in [0, 0.1) is 6.92 Å². The molecular weight excluding hydrogens is 389 g/mol. The molecule has 0 aliphatic carbocycles. The maximum Gasteiger partial charge on any atom is 0.390 e. The van der Waals surface area contributed by atoms with Crippen molar-refractivity contribution in [1.29, 1.82) is 0 Å². The van der Waals surface area contributed by atoms with E-state index in [4.69, 9.17) is 15.0 Å². The van der Waals surface area contributed by atoms with E-state index in [-0.39, 0.29) is 11.3 Å². The Morgan fingerprint density at radius 1 is 1.10 bits per heavy atom. The largest absolute Gasteiger partial charge is 0.497 e. The van der Waals surface area contributed by atoms with Gasteiger partial charge in [-0.3, -0.25) is 4.79 Å². The van der Waals surface area contributed by atoms with Gasteiger partial charge < -0.3 is 14.8 Å². The predicted octanol–water partition coefficient (Wildman–Crippen LogP) is 5.11. The first kappa shape index (κ1) is 21.9. The number of alkyl halides is 3. The molecule has 0 aromatic heterocycles. The number of halogens is 3. The highest BCUT2D eigenvalue weighted by atomic mass is 19.4. The number of carbonyl (C=O) groups is 1. The second-order valence-corrected chi connectivity index (χ2v) is 6.26. The number of nitrogens with one attached hydrogen (secondary N) is 1. The van der Waals surface area contributed by atoms with Crippen LogP contribution < -0.4 is 14.8 Å². The molecule has 2 aromatic carbocycles. The fourth-order valence-corrected chi connectivity index (χ4v) is 2.76. The van der Waals surface area contributed by atoms with Gasteiger partial charge >= 0.3 is 6.18 Å². The molecular formula is C19H19F3N4O3. The Balaban J connectivity index is 2.57. The summed E-state index contributed by atoms with van der Waals surface area (Å²) in [7, 11) is 2.78. The molecule has 0 aliphatic rings. The van der Waals surface area contributed by atoms with Gasteiger partial charge in [-0.25, -0.2) is 0 Å². The topological polar surface area (TPSA) is 96.3 Å². The summed E-state index contributed by atoms with van der Waals surface area (Å²) in [5.41, 5.74) is 7.25. The molecule has 0 unspecified atom stereocenters. The number of amides is 1. The minimum Gasteiger partial charge on any atom is -0.497 e. The average molecular weight is 408 g/mol. The van der Waals surface area contributed by atoms with Crippen molar-refractivity contribution >= 4 is 11.6 Å². The number of nitrogens with zero attached hydrogens (tertiary/aromatic N) is 3. The third kappa shape index (κ3) is 5.32. The van der Waals surface area contributed by atoms with Crippen molar-refractivity contribution in [2.24, 2.45) is 5.11 Å². The Kier molecular flexibility index (Phi) is 6.60. The Morgan fingerprint density at radius 3 is 2.10 bits per heavy atom. The predicted molar refractivity (Wildman–Crippen MR) is 101 cm³/mol. The summed E-state index contributed by atoms with van der Waals surface area (Å²) in [6.45, 7) is 1.74. The van der Waals surface area contributed by atoms with Crippen LogP contribution in [-0.2, 0) is 10.3 Å². The van der Waals surface area contributed by atoms with Crippen molar-refractivity contribution in [2.45, 2.75) is 25.1 Å². The van der Waals surface area contributed by atoms with E-state index in [9.17, 15) is 18.0 Å². The first-order valence-electron chi connectivity index (χ1n) is 8.38. The van der Waals surface area contributed by atoms with E-state index in [0.29, 0.717) is 11.5 Å². The first-order valence-corrected chi connectivity index (χ1v) is 8.38. The molecule has 0 fully saturated rings. The molecule has 7 nitrogen and oxygen atoms in total. The molecule has 2 aromatic rings. The number of aryl methyl sites for hydroxylation is 1. The maximum absolute atomic E-state index is 13.4. The molecule has 10 heteroatoms. The van der Waals surface area contributed by atoms with Crippen LogP contribution in [0.25, 0.3) is 10.4 Å². The van der Waals surface area contributed by atoms with Gasteiger partial charge in [0, 0.05) is 28.8 Å². The van der Waals surface area contributed by atoms with Crippen molar-refractivity contribution in [1.82, 2.24) is 0 Å². The zero-order valence-electron chi connectivity index (χ0n) is 15.9. The lowest BCUT2D eigenvalue weighted by atomic mass is 9.85. The minimum atomic E-state index is -4.78. The molecule has 0 saturated carbocycles. The number of rotatable bonds is 7. The monoisotopic (exact) mass is 408 g/mol. The number of anilines is 1. The number of benzene rings is 2. The summed E-state index contributed by atoms with van der Waals surface area (Å²) in [5, 5.41) is 5.70. The molecule has 154 valence electrons. The van der Waals surface area contributed by atoms with Crippen LogP contribution in [0.5, 0.6) is 11.5 Å². The lowest BCUT2D eigenvalue weighted by Crippen LogP contribution is -2.42. The highest BCUT2D eigenvalue weighted by molar-refractivity contribution is 5.99. The zero-order chi connectivity index (χ0) is 21.7. The van der Waals surface area contributed by atoms with Crippen molar-refractivity contribution in [3.63, 3.8) is 0 Å². The molecule has 1 N–H and O–H groups in total. The summed E-state index contributed by atoms with van der Waals surface area (Å²) in [5.74, 6) is -0.493. The molecule has 2 rings (SSSR count). The van der Waals surface area contributed by atoms with Gasteiger partial charge in [0.15, 0.2) is 5.54 Å². The molecule has 0 bridgehead atoms. The number of hydrogen-bond acceptors (Lipinski definition) is 4. The SMILES string of the molecule is COc1cc(NC(=O)[C@](CC(F)(F)F)(N=[N+]=[N-])c2ccc(C)cc2)cc(OC)c1. The second kappa shape index (κ2) is 8.74. The Labute approximate surface area is 165 Å². The maximum atomic E-state index is 13.4. The molecule has 0 heterocycles. The quantitative estimate of drug-likeness (QED) is 0.392. The van der Waals surface area contributed by atoms with Crippen LogP contribution in [0.3, 0.4) is 0 Å². The van der Waals surface area contributed by atoms with E-state index in [1.165, 1.54) is 56.7 Å². The molecule has 0 spiro atoms. The van der Waals surface area contributed by atoms with E-state index >= 15 is 0 Å². The molecule has 1 amide bonds. The molecule has 1 atom stereocenters. The van der Waals surface area contributed by atoms with Gasteiger partial charge in [0.2, 0.25) is 5.91 Å². The van der Waals surface area contributed by atoms with Gasteiger partial charge in [0.25, 0.3) is 0 Å². The summed E-state index contributed by atoms with van der Waals surface area (Å²) >= 11 is 0. The van der Waals surface area contributed by atoms with Crippen LogP contribution in [0.1, 0.15) is 17.5 Å². The van der Waals surface area contributed by atoms with Gasteiger partial charge in [-0.05, 0) is 18.0 Å². The summed E-state index contributed by atoms with van der Waals surface area (Å²) in [4.78, 5) is 15.6. The molecule has 0 saturated heterocycles. The Morgan fingerprint density at radius 2 is 1.66 bits per heavy atom. The average Bonchev–Trinajstić information content (AvgIpc) is 2.66. The number of carbonyl (C=O) groups excluding carboxylic acids is 1. The number of azide groups is 1. The highest BCUT2D eigenvalue weighted by Gasteiger charge is 2.49. The normalized spacial score (nSPS) is 13.0. The smallest absolute Gasteiger partial charge is 0.390 e. The van der Waals surface area contributed by atoms with E-state index in [1.54, 1.807) is 6.92 Å².